The van der Waals surface area contributed by atoms with E-state index in [4.69, 9.17) is 5.73 Å². The van der Waals surface area contributed by atoms with Crippen LogP contribution in [0, 0.1) is 0 Å². The van der Waals surface area contributed by atoms with E-state index in [1.165, 1.54) is 5.56 Å². The van der Waals surface area contributed by atoms with Crippen LogP contribution in [0.1, 0.15) is 12.0 Å². The predicted octanol–water partition coefficient (Wildman–Crippen LogP) is 2.60. The van der Waals surface area contributed by atoms with Crippen LogP contribution in [-0.2, 0) is 0 Å². The second kappa shape index (κ2) is 5.33. The van der Waals surface area contributed by atoms with E-state index in [9.17, 15) is 0 Å². The molecule has 2 N–H and O–H groups in total. The zero-order valence-corrected chi connectivity index (χ0v) is 7.74. The van der Waals surface area contributed by atoms with Gasteiger partial charge in [-0.25, -0.2) is 0 Å². The van der Waals surface area contributed by atoms with E-state index < -0.39 is 0 Å². The Hall–Kier alpha value is -1.34. The van der Waals surface area contributed by atoms with Gasteiger partial charge in [0.15, 0.2) is 0 Å². The molecule has 13 heavy (non-hydrogen) atoms. The van der Waals surface area contributed by atoms with Crippen molar-refractivity contribution in [2.45, 2.75) is 6.42 Å². The summed E-state index contributed by atoms with van der Waals surface area (Å²) in [6.45, 7) is 4.56. The van der Waals surface area contributed by atoms with Crippen molar-refractivity contribution >= 4 is 6.08 Å². The van der Waals surface area contributed by atoms with Gasteiger partial charge in [0.05, 0.1) is 0 Å². The van der Waals surface area contributed by atoms with Crippen LogP contribution in [0.25, 0.3) is 6.08 Å². The van der Waals surface area contributed by atoms with Gasteiger partial charge >= 0.3 is 0 Å². The summed E-state index contributed by atoms with van der Waals surface area (Å²) in [4.78, 5) is 0. The zero-order valence-electron chi connectivity index (χ0n) is 7.74. The summed E-state index contributed by atoms with van der Waals surface area (Å²) >= 11 is 0. The minimum absolute atomic E-state index is 0.665. The van der Waals surface area contributed by atoms with Crippen molar-refractivity contribution in [1.82, 2.24) is 0 Å². The molecule has 0 spiro atoms. The highest BCUT2D eigenvalue weighted by Crippen LogP contribution is 2.05. The third kappa shape index (κ3) is 3.72. The molecule has 0 aliphatic carbocycles. The molecule has 0 saturated heterocycles. The summed E-state index contributed by atoms with van der Waals surface area (Å²) in [5.41, 5.74) is 7.67. The summed E-state index contributed by atoms with van der Waals surface area (Å²) in [6.07, 6.45) is 4.93. The highest BCUT2D eigenvalue weighted by Gasteiger charge is 1.86. The predicted molar refractivity (Wildman–Crippen MR) is 58.3 cm³/mol. The van der Waals surface area contributed by atoms with Crippen LogP contribution in [0.3, 0.4) is 0 Å². The fourth-order valence-electron chi connectivity index (χ4n) is 1.05. The van der Waals surface area contributed by atoms with Crippen molar-refractivity contribution in [3.8, 4) is 0 Å². The highest BCUT2D eigenvalue weighted by atomic mass is 14.5. The Kier molecular flexibility index (Phi) is 4.00. The molecule has 1 rings (SSSR count). The smallest absolute Gasteiger partial charge is 0.00369 e. The van der Waals surface area contributed by atoms with Gasteiger partial charge in [0, 0.05) is 0 Å². The molecular formula is C12H15N. The Morgan fingerprint density at radius 2 is 2.00 bits per heavy atom. The van der Waals surface area contributed by atoms with E-state index in [0.29, 0.717) is 6.54 Å². The van der Waals surface area contributed by atoms with Crippen LogP contribution in [-0.4, -0.2) is 6.54 Å². The molecule has 0 aliphatic rings. The lowest BCUT2D eigenvalue weighted by Crippen LogP contribution is -1.98. The average Bonchev–Trinajstić information content (AvgIpc) is 2.17. The summed E-state index contributed by atoms with van der Waals surface area (Å²) in [5.74, 6) is 0. The third-order valence-corrected chi connectivity index (χ3v) is 1.78. The molecule has 0 bridgehead atoms. The van der Waals surface area contributed by atoms with Gasteiger partial charge in [-0.05, 0) is 18.5 Å². The van der Waals surface area contributed by atoms with Gasteiger partial charge in [-0.1, -0.05) is 54.6 Å². The van der Waals surface area contributed by atoms with E-state index in [1.807, 2.05) is 24.3 Å². The van der Waals surface area contributed by atoms with Crippen LogP contribution in [0.15, 0.2) is 48.6 Å². The minimum Gasteiger partial charge on any atom is -0.330 e. The molecule has 0 saturated carbocycles. The molecule has 0 aliphatic heterocycles. The van der Waals surface area contributed by atoms with Gasteiger partial charge < -0.3 is 5.73 Å². The van der Waals surface area contributed by atoms with E-state index in [0.717, 1.165) is 12.0 Å². The quantitative estimate of drug-likeness (QED) is 0.696. The Balaban J connectivity index is 2.54. The van der Waals surface area contributed by atoms with Crippen molar-refractivity contribution in [3.05, 3.63) is 54.1 Å². The molecule has 68 valence electrons. The standard InChI is InChI=1S/C12H15N/c1-11(9-10-13)7-8-12-5-3-2-4-6-12/h2-8H,1,9-10,13H2/b8-7+. The molecule has 0 fully saturated rings. The molecule has 0 aromatic heterocycles. The van der Waals surface area contributed by atoms with Gasteiger partial charge in [0.25, 0.3) is 0 Å². The molecule has 0 unspecified atom stereocenters. The van der Waals surface area contributed by atoms with Crippen molar-refractivity contribution in [3.63, 3.8) is 0 Å². The Morgan fingerprint density at radius 1 is 1.31 bits per heavy atom. The Bertz CT molecular complexity index is 285. The lowest BCUT2D eigenvalue weighted by molar-refractivity contribution is 0.978. The van der Waals surface area contributed by atoms with Crippen LogP contribution >= 0.6 is 0 Å². The second-order valence-corrected chi connectivity index (χ2v) is 2.94. The first-order valence-corrected chi connectivity index (χ1v) is 4.44. The van der Waals surface area contributed by atoms with Gasteiger partial charge in [0.2, 0.25) is 0 Å². The third-order valence-electron chi connectivity index (χ3n) is 1.78. The van der Waals surface area contributed by atoms with Crippen molar-refractivity contribution in [2.24, 2.45) is 5.73 Å². The van der Waals surface area contributed by atoms with Crippen molar-refractivity contribution in [1.29, 1.82) is 0 Å². The fourth-order valence-corrected chi connectivity index (χ4v) is 1.05. The van der Waals surface area contributed by atoms with Crippen LogP contribution in [0.2, 0.25) is 0 Å². The number of allylic oxidation sites excluding steroid dienone is 1. The zero-order chi connectivity index (χ0) is 9.52. The number of nitrogens with two attached hydrogens (primary N) is 1. The first kappa shape index (κ1) is 9.75. The van der Waals surface area contributed by atoms with Gasteiger partial charge in [-0.15, -0.1) is 0 Å². The van der Waals surface area contributed by atoms with Crippen molar-refractivity contribution in [2.75, 3.05) is 6.54 Å². The Labute approximate surface area is 79.6 Å². The van der Waals surface area contributed by atoms with Gasteiger partial charge in [-0.3, -0.25) is 0 Å². The van der Waals surface area contributed by atoms with Crippen molar-refractivity contribution < 1.29 is 0 Å². The number of benzene rings is 1. The molecule has 0 heterocycles. The first-order valence-electron chi connectivity index (χ1n) is 4.44. The molecule has 0 atom stereocenters. The molecule has 1 aromatic rings. The highest BCUT2D eigenvalue weighted by molar-refractivity contribution is 5.52. The fraction of sp³-hybridized carbons (Fsp3) is 0.167. The molecule has 0 amide bonds. The molecular weight excluding hydrogens is 158 g/mol. The van der Waals surface area contributed by atoms with E-state index >= 15 is 0 Å². The monoisotopic (exact) mass is 173 g/mol. The summed E-state index contributed by atoms with van der Waals surface area (Å²) in [6, 6.07) is 10.2. The van der Waals surface area contributed by atoms with Crippen LogP contribution in [0.5, 0.6) is 0 Å². The minimum atomic E-state index is 0.665. The number of hydrogen-bond acceptors (Lipinski definition) is 1. The first-order chi connectivity index (χ1) is 6.33. The lowest BCUT2D eigenvalue weighted by atomic mass is 10.1. The maximum atomic E-state index is 5.40. The summed E-state index contributed by atoms with van der Waals surface area (Å²) in [5, 5.41) is 0. The van der Waals surface area contributed by atoms with E-state index in [1.54, 1.807) is 0 Å². The van der Waals surface area contributed by atoms with Gasteiger partial charge in [-0.2, -0.15) is 0 Å². The number of hydrogen-bond donors (Lipinski definition) is 1. The van der Waals surface area contributed by atoms with Crippen LogP contribution < -0.4 is 5.73 Å². The van der Waals surface area contributed by atoms with Gasteiger partial charge in [0.1, 0.15) is 0 Å². The lowest BCUT2D eigenvalue weighted by Gasteiger charge is -1.95. The summed E-state index contributed by atoms with van der Waals surface area (Å²) < 4.78 is 0. The summed E-state index contributed by atoms with van der Waals surface area (Å²) in [7, 11) is 0. The normalized spacial score (nSPS) is 10.5. The molecule has 1 nitrogen and oxygen atoms in total. The molecule has 1 heteroatoms. The molecule has 0 radical (unpaired) electrons. The largest absolute Gasteiger partial charge is 0.330 e. The second-order valence-electron chi connectivity index (χ2n) is 2.94. The molecule has 1 aromatic carbocycles. The van der Waals surface area contributed by atoms with E-state index in [2.05, 4.69) is 24.8 Å². The maximum absolute atomic E-state index is 5.40. The maximum Gasteiger partial charge on any atom is -0.00369 e. The van der Waals surface area contributed by atoms with Crippen LogP contribution in [0.4, 0.5) is 0 Å². The SMILES string of the molecule is C=C(/C=C/c1ccccc1)CCN. The topological polar surface area (TPSA) is 26.0 Å². The average molecular weight is 173 g/mol. The Morgan fingerprint density at radius 3 is 2.62 bits per heavy atom. The van der Waals surface area contributed by atoms with E-state index in [-0.39, 0.29) is 0 Å². The number of rotatable bonds is 4.